The van der Waals surface area contributed by atoms with Gasteiger partial charge in [0.25, 0.3) is 5.91 Å². The van der Waals surface area contributed by atoms with Crippen LogP contribution in [0.3, 0.4) is 0 Å². The SMILES string of the molecule is CC1CCC(Nc2ncccc2C(N)=O)C1C. The fourth-order valence-electron chi connectivity index (χ4n) is 2.46. The predicted molar refractivity (Wildman–Crippen MR) is 67.7 cm³/mol. The third kappa shape index (κ3) is 2.40. The smallest absolute Gasteiger partial charge is 0.252 e. The average molecular weight is 233 g/mol. The first-order chi connectivity index (χ1) is 8.09. The minimum Gasteiger partial charge on any atom is -0.366 e. The van der Waals surface area contributed by atoms with Gasteiger partial charge in [-0.15, -0.1) is 0 Å². The lowest BCUT2D eigenvalue weighted by Gasteiger charge is -2.21. The van der Waals surface area contributed by atoms with Gasteiger partial charge < -0.3 is 11.1 Å². The number of nitrogens with zero attached hydrogens (tertiary/aromatic N) is 1. The maximum Gasteiger partial charge on any atom is 0.252 e. The summed E-state index contributed by atoms with van der Waals surface area (Å²) in [7, 11) is 0. The van der Waals surface area contributed by atoms with Gasteiger partial charge in [-0.25, -0.2) is 4.98 Å². The number of nitrogens with two attached hydrogens (primary N) is 1. The molecule has 4 nitrogen and oxygen atoms in total. The zero-order chi connectivity index (χ0) is 12.4. The monoisotopic (exact) mass is 233 g/mol. The van der Waals surface area contributed by atoms with Gasteiger partial charge in [0.1, 0.15) is 5.82 Å². The van der Waals surface area contributed by atoms with E-state index in [1.54, 1.807) is 18.3 Å². The van der Waals surface area contributed by atoms with Crippen molar-refractivity contribution in [2.75, 3.05) is 5.32 Å². The van der Waals surface area contributed by atoms with Crippen molar-refractivity contribution in [3.05, 3.63) is 23.9 Å². The second-order valence-corrected chi connectivity index (χ2v) is 4.93. The number of amides is 1. The molecule has 1 aromatic rings. The molecular formula is C13H19N3O. The minimum atomic E-state index is -0.431. The van der Waals surface area contributed by atoms with E-state index in [-0.39, 0.29) is 0 Å². The number of rotatable bonds is 3. The molecule has 1 saturated carbocycles. The fourth-order valence-corrected chi connectivity index (χ4v) is 2.46. The van der Waals surface area contributed by atoms with Crippen LogP contribution in [0.5, 0.6) is 0 Å². The van der Waals surface area contributed by atoms with E-state index in [1.165, 1.54) is 6.42 Å². The van der Waals surface area contributed by atoms with Crippen molar-refractivity contribution in [2.24, 2.45) is 17.6 Å². The van der Waals surface area contributed by atoms with Crippen LogP contribution in [0.4, 0.5) is 5.82 Å². The first-order valence-corrected chi connectivity index (χ1v) is 6.11. The van der Waals surface area contributed by atoms with Crippen LogP contribution in [0.25, 0.3) is 0 Å². The van der Waals surface area contributed by atoms with Crippen LogP contribution in [0.15, 0.2) is 18.3 Å². The van der Waals surface area contributed by atoms with Gasteiger partial charge in [0.05, 0.1) is 5.56 Å². The summed E-state index contributed by atoms with van der Waals surface area (Å²) >= 11 is 0. The minimum absolute atomic E-state index is 0.387. The summed E-state index contributed by atoms with van der Waals surface area (Å²) in [5.41, 5.74) is 5.80. The topological polar surface area (TPSA) is 68.0 Å². The lowest BCUT2D eigenvalue weighted by atomic mass is 9.98. The molecule has 2 rings (SSSR count). The molecule has 4 heteroatoms. The van der Waals surface area contributed by atoms with Crippen molar-refractivity contribution in [3.8, 4) is 0 Å². The molecule has 1 heterocycles. The average Bonchev–Trinajstić information content (AvgIpc) is 2.61. The Balaban J connectivity index is 2.16. The van der Waals surface area contributed by atoms with E-state index in [4.69, 9.17) is 5.73 Å². The Morgan fingerprint density at radius 2 is 2.24 bits per heavy atom. The zero-order valence-electron chi connectivity index (χ0n) is 10.3. The van der Waals surface area contributed by atoms with Crippen LogP contribution >= 0.6 is 0 Å². The van der Waals surface area contributed by atoms with Crippen LogP contribution in [0, 0.1) is 11.8 Å². The zero-order valence-corrected chi connectivity index (χ0v) is 10.3. The summed E-state index contributed by atoms with van der Waals surface area (Å²) in [6, 6.07) is 3.82. The molecule has 0 bridgehead atoms. The molecule has 0 aliphatic heterocycles. The molecule has 3 unspecified atom stereocenters. The highest BCUT2D eigenvalue weighted by Gasteiger charge is 2.30. The second kappa shape index (κ2) is 4.73. The number of aromatic nitrogens is 1. The largest absolute Gasteiger partial charge is 0.366 e. The number of hydrogen-bond donors (Lipinski definition) is 2. The number of pyridine rings is 1. The Hall–Kier alpha value is -1.58. The summed E-state index contributed by atoms with van der Waals surface area (Å²) in [5.74, 6) is 1.50. The van der Waals surface area contributed by atoms with E-state index >= 15 is 0 Å². The van der Waals surface area contributed by atoms with Gasteiger partial charge >= 0.3 is 0 Å². The summed E-state index contributed by atoms with van der Waals surface area (Å²) in [6.45, 7) is 4.50. The number of nitrogens with one attached hydrogen (secondary N) is 1. The number of primary amides is 1. The lowest BCUT2D eigenvalue weighted by molar-refractivity contribution is 0.100. The van der Waals surface area contributed by atoms with Crippen LogP contribution < -0.4 is 11.1 Å². The molecule has 1 fully saturated rings. The highest BCUT2D eigenvalue weighted by atomic mass is 16.1. The summed E-state index contributed by atoms with van der Waals surface area (Å²) in [4.78, 5) is 15.5. The molecule has 92 valence electrons. The van der Waals surface area contributed by atoms with Crippen molar-refractivity contribution in [2.45, 2.75) is 32.7 Å². The molecule has 0 spiro atoms. The summed E-state index contributed by atoms with van der Waals surface area (Å²) in [5, 5.41) is 3.36. The van der Waals surface area contributed by atoms with Gasteiger partial charge in [0, 0.05) is 12.2 Å². The molecular weight excluding hydrogens is 214 g/mol. The predicted octanol–water partition coefficient (Wildman–Crippen LogP) is 2.03. The number of carbonyl (C=O) groups excluding carboxylic acids is 1. The van der Waals surface area contributed by atoms with Gasteiger partial charge in [-0.05, 0) is 36.8 Å². The van der Waals surface area contributed by atoms with Gasteiger partial charge in [-0.1, -0.05) is 13.8 Å². The van der Waals surface area contributed by atoms with Gasteiger partial charge in [0.15, 0.2) is 0 Å². The van der Waals surface area contributed by atoms with Gasteiger partial charge in [-0.2, -0.15) is 0 Å². The van der Waals surface area contributed by atoms with Crippen LogP contribution in [0.1, 0.15) is 37.0 Å². The quantitative estimate of drug-likeness (QED) is 0.839. The maximum atomic E-state index is 11.3. The molecule has 1 amide bonds. The van der Waals surface area contributed by atoms with E-state index in [0.29, 0.717) is 29.3 Å². The number of anilines is 1. The summed E-state index contributed by atoms with van der Waals surface area (Å²) in [6.07, 6.45) is 4.02. The van der Waals surface area contributed by atoms with E-state index in [9.17, 15) is 4.79 Å². The Bertz CT molecular complexity index is 419. The molecule has 17 heavy (non-hydrogen) atoms. The lowest BCUT2D eigenvalue weighted by Crippen LogP contribution is -2.26. The molecule has 1 aliphatic carbocycles. The molecule has 1 aromatic heterocycles. The van der Waals surface area contributed by atoms with Gasteiger partial charge in [0.2, 0.25) is 0 Å². The van der Waals surface area contributed by atoms with E-state index in [0.717, 1.165) is 6.42 Å². The van der Waals surface area contributed by atoms with E-state index < -0.39 is 5.91 Å². The Morgan fingerprint density at radius 3 is 2.82 bits per heavy atom. The van der Waals surface area contributed by atoms with Crippen molar-refractivity contribution < 1.29 is 4.79 Å². The van der Waals surface area contributed by atoms with Crippen LogP contribution in [-0.2, 0) is 0 Å². The highest BCUT2D eigenvalue weighted by Crippen LogP contribution is 2.33. The first kappa shape index (κ1) is 11.9. The van der Waals surface area contributed by atoms with Crippen molar-refractivity contribution in [1.82, 2.24) is 4.98 Å². The van der Waals surface area contributed by atoms with Crippen LogP contribution in [0.2, 0.25) is 0 Å². The highest BCUT2D eigenvalue weighted by molar-refractivity contribution is 5.97. The molecule has 3 N–H and O–H groups in total. The Labute approximate surface area is 102 Å². The molecule has 0 saturated heterocycles. The molecule has 3 atom stereocenters. The van der Waals surface area contributed by atoms with E-state index in [1.807, 2.05) is 0 Å². The standard InChI is InChI=1S/C13H19N3O/c1-8-5-6-11(9(8)2)16-13-10(12(14)17)4-3-7-15-13/h3-4,7-9,11H,5-6H2,1-2H3,(H2,14,17)(H,15,16). The number of hydrogen-bond acceptors (Lipinski definition) is 3. The maximum absolute atomic E-state index is 11.3. The fraction of sp³-hybridized carbons (Fsp3) is 0.538. The third-order valence-electron chi connectivity index (χ3n) is 3.86. The second-order valence-electron chi connectivity index (χ2n) is 4.93. The van der Waals surface area contributed by atoms with Crippen molar-refractivity contribution in [3.63, 3.8) is 0 Å². The Morgan fingerprint density at radius 1 is 1.47 bits per heavy atom. The number of carbonyl (C=O) groups is 1. The summed E-state index contributed by atoms with van der Waals surface area (Å²) < 4.78 is 0. The Kier molecular flexibility index (Phi) is 3.31. The van der Waals surface area contributed by atoms with Crippen LogP contribution in [-0.4, -0.2) is 16.9 Å². The first-order valence-electron chi connectivity index (χ1n) is 6.11. The molecule has 1 aliphatic rings. The molecule has 0 aromatic carbocycles. The van der Waals surface area contributed by atoms with Crippen molar-refractivity contribution >= 4 is 11.7 Å². The van der Waals surface area contributed by atoms with Crippen molar-refractivity contribution in [1.29, 1.82) is 0 Å². The molecule has 0 radical (unpaired) electrons. The van der Waals surface area contributed by atoms with E-state index in [2.05, 4.69) is 24.1 Å². The van der Waals surface area contributed by atoms with Gasteiger partial charge in [-0.3, -0.25) is 4.79 Å². The normalized spacial score (nSPS) is 28.0. The third-order valence-corrected chi connectivity index (χ3v) is 3.86.